The van der Waals surface area contributed by atoms with E-state index in [-0.39, 0.29) is 0 Å². The summed E-state index contributed by atoms with van der Waals surface area (Å²) in [6.45, 7) is 10.8. The Balaban J connectivity index is 2.63. The molecule has 0 atom stereocenters. The molecule has 150 valence electrons. The molecule has 0 unspecified atom stereocenters. The lowest BCUT2D eigenvalue weighted by Gasteiger charge is -2.18. The average molecular weight is 388 g/mol. The van der Waals surface area contributed by atoms with E-state index in [1.807, 2.05) is 20.8 Å². The summed E-state index contributed by atoms with van der Waals surface area (Å²) in [4.78, 5) is 4.62. The fraction of sp³-hybridized carbons (Fsp3) is 0.765. The van der Waals surface area contributed by atoms with Crippen molar-refractivity contribution < 1.29 is 12.9 Å². The van der Waals surface area contributed by atoms with Crippen molar-refractivity contribution in [2.75, 3.05) is 32.4 Å². The van der Waals surface area contributed by atoms with Crippen LogP contribution in [-0.4, -0.2) is 56.3 Å². The van der Waals surface area contributed by atoms with E-state index >= 15 is 0 Å². The molecule has 0 aliphatic heterocycles. The predicted octanol–water partition coefficient (Wildman–Crippen LogP) is 1.53. The van der Waals surface area contributed by atoms with Gasteiger partial charge in [-0.3, -0.25) is 0 Å². The molecule has 1 heterocycles. The van der Waals surface area contributed by atoms with Crippen LogP contribution in [0.25, 0.3) is 0 Å². The third-order valence-corrected chi connectivity index (χ3v) is 5.42. The Kier molecular flexibility index (Phi) is 9.64. The Bertz CT molecular complexity index is 648. The fourth-order valence-electron chi connectivity index (χ4n) is 2.64. The molecule has 0 saturated carbocycles. The van der Waals surface area contributed by atoms with Crippen LogP contribution in [0.1, 0.15) is 51.1 Å². The van der Waals surface area contributed by atoms with Crippen molar-refractivity contribution in [3.05, 3.63) is 17.0 Å². The summed E-state index contributed by atoms with van der Waals surface area (Å²) >= 11 is 0. The van der Waals surface area contributed by atoms with Crippen LogP contribution < -0.4 is 10.6 Å². The van der Waals surface area contributed by atoms with Gasteiger partial charge < -0.3 is 15.2 Å². The maximum atomic E-state index is 11.6. The van der Waals surface area contributed by atoms with Crippen molar-refractivity contribution in [1.82, 2.24) is 20.1 Å². The van der Waals surface area contributed by atoms with Crippen LogP contribution in [-0.2, 0) is 29.4 Å². The maximum absolute atomic E-state index is 11.6. The number of hydrogen-bond acceptors (Lipinski definition) is 5. The monoisotopic (exact) mass is 387 g/mol. The SMILES string of the molecule is CCNC(=NCc1c(CC)noc1CC)NCCCN(CC)S(C)(=O)=O. The van der Waals surface area contributed by atoms with Crippen LogP contribution in [0.15, 0.2) is 9.52 Å². The van der Waals surface area contributed by atoms with E-state index in [1.54, 1.807) is 0 Å². The summed E-state index contributed by atoms with van der Waals surface area (Å²) in [6, 6.07) is 0. The van der Waals surface area contributed by atoms with E-state index in [1.165, 1.54) is 10.6 Å². The predicted molar refractivity (Wildman–Crippen MR) is 105 cm³/mol. The van der Waals surface area contributed by atoms with E-state index < -0.39 is 10.0 Å². The highest BCUT2D eigenvalue weighted by Gasteiger charge is 2.14. The molecule has 0 aliphatic rings. The van der Waals surface area contributed by atoms with Crippen molar-refractivity contribution in [2.24, 2.45) is 4.99 Å². The van der Waals surface area contributed by atoms with Gasteiger partial charge in [-0.05, 0) is 19.8 Å². The first kappa shape index (κ1) is 22.4. The average Bonchev–Trinajstić information content (AvgIpc) is 3.00. The molecule has 0 aliphatic carbocycles. The Morgan fingerprint density at radius 1 is 1.19 bits per heavy atom. The number of hydrogen-bond donors (Lipinski definition) is 2. The highest BCUT2D eigenvalue weighted by Crippen LogP contribution is 2.16. The van der Waals surface area contributed by atoms with E-state index in [0.29, 0.717) is 38.6 Å². The second-order valence-electron chi connectivity index (χ2n) is 5.97. The van der Waals surface area contributed by atoms with Gasteiger partial charge in [0.2, 0.25) is 10.0 Å². The van der Waals surface area contributed by atoms with Gasteiger partial charge in [0, 0.05) is 38.2 Å². The zero-order valence-electron chi connectivity index (χ0n) is 16.6. The van der Waals surface area contributed by atoms with E-state index in [9.17, 15) is 8.42 Å². The van der Waals surface area contributed by atoms with Gasteiger partial charge in [0.25, 0.3) is 0 Å². The van der Waals surface area contributed by atoms with Crippen molar-refractivity contribution in [1.29, 1.82) is 0 Å². The molecule has 0 radical (unpaired) electrons. The second kappa shape index (κ2) is 11.2. The lowest BCUT2D eigenvalue weighted by Crippen LogP contribution is -2.39. The van der Waals surface area contributed by atoms with Crippen LogP contribution >= 0.6 is 0 Å². The summed E-state index contributed by atoms with van der Waals surface area (Å²) < 4.78 is 30.0. The molecule has 0 aromatic carbocycles. The number of sulfonamides is 1. The lowest BCUT2D eigenvalue weighted by atomic mass is 10.1. The largest absolute Gasteiger partial charge is 0.361 e. The highest BCUT2D eigenvalue weighted by atomic mass is 32.2. The molecular weight excluding hydrogens is 354 g/mol. The number of rotatable bonds is 11. The van der Waals surface area contributed by atoms with Gasteiger partial charge in [0.1, 0.15) is 5.76 Å². The highest BCUT2D eigenvalue weighted by molar-refractivity contribution is 7.88. The summed E-state index contributed by atoms with van der Waals surface area (Å²) in [6.07, 6.45) is 3.56. The van der Waals surface area contributed by atoms with E-state index in [2.05, 4.69) is 27.7 Å². The Morgan fingerprint density at radius 2 is 1.92 bits per heavy atom. The van der Waals surface area contributed by atoms with Gasteiger partial charge in [-0.2, -0.15) is 0 Å². The van der Waals surface area contributed by atoms with Gasteiger partial charge in [-0.1, -0.05) is 25.9 Å². The van der Waals surface area contributed by atoms with Crippen LogP contribution in [0.4, 0.5) is 0 Å². The van der Waals surface area contributed by atoms with Gasteiger partial charge in [0.15, 0.2) is 5.96 Å². The molecule has 0 saturated heterocycles. The molecule has 0 bridgehead atoms. The number of aliphatic imine (C=N–C) groups is 1. The Hall–Kier alpha value is -1.61. The topological polar surface area (TPSA) is 99.8 Å². The van der Waals surface area contributed by atoms with Crippen molar-refractivity contribution in [3.8, 4) is 0 Å². The smallest absolute Gasteiger partial charge is 0.211 e. The first-order valence-electron chi connectivity index (χ1n) is 9.30. The molecule has 8 nitrogen and oxygen atoms in total. The summed E-state index contributed by atoms with van der Waals surface area (Å²) in [5.74, 6) is 1.59. The van der Waals surface area contributed by atoms with Crippen molar-refractivity contribution in [2.45, 2.75) is 53.5 Å². The van der Waals surface area contributed by atoms with Gasteiger partial charge >= 0.3 is 0 Å². The van der Waals surface area contributed by atoms with E-state index in [0.717, 1.165) is 36.4 Å². The minimum Gasteiger partial charge on any atom is -0.361 e. The maximum Gasteiger partial charge on any atom is 0.211 e. The Labute approximate surface area is 157 Å². The quantitative estimate of drug-likeness (QED) is 0.339. The zero-order valence-corrected chi connectivity index (χ0v) is 17.4. The number of aryl methyl sites for hydroxylation is 2. The zero-order chi connectivity index (χ0) is 19.6. The van der Waals surface area contributed by atoms with Crippen LogP contribution in [0.3, 0.4) is 0 Å². The number of nitrogens with zero attached hydrogens (tertiary/aromatic N) is 3. The summed E-state index contributed by atoms with van der Waals surface area (Å²) in [7, 11) is -3.14. The second-order valence-corrected chi connectivity index (χ2v) is 7.95. The van der Waals surface area contributed by atoms with Gasteiger partial charge in [-0.15, -0.1) is 0 Å². The van der Waals surface area contributed by atoms with Crippen molar-refractivity contribution >= 4 is 16.0 Å². The number of guanidine groups is 1. The summed E-state index contributed by atoms with van der Waals surface area (Å²) in [5.41, 5.74) is 2.01. The molecular formula is C17H33N5O3S. The standard InChI is InChI=1S/C17H33N5O3S/c1-6-15-14(16(7-2)25-21-15)13-20-17(18-8-3)19-11-10-12-22(9-4)26(5,23)24/h6-13H2,1-5H3,(H2,18,19,20). The van der Waals surface area contributed by atoms with Crippen LogP contribution in [0.2, 0.25) is 0 Å². The van der Waals surface area contributed by atoms with E-state index in [4.69, 9.17) is 4.52 Å². The van der Waals surface area contributed by atoms with Gasteiger partial charge in [-0.25, -0.2) is 17.7 Å². The molecule has 1 aromatic heterocycles. The minimum atomic E-state index is -3.14. The molecule has 1 aromatic rings. The summed E-state index contributed by atoms with van der Waals surface area (Å²) in [5, 5.41) is 10.6. The fourth-order valence-corrected chi connectivity index (χ4v) is 3.57. The third kappa shape index (κ3) is 6.95. The molecule has 26 heavy (non-hydrogen) atoms. The molecule has 1 rings (SSSR count). The molecule has 2 N–H and O–H groups in total. The minimum absolute atomic E-state index is 0.486. The van der Waals surface area contributed by atoms with Crippen molar-refractivity contribution in [3.63, 3.8) is 0 Å². The number of aromatic nitrogens is 1. The number of nitrogens with one attached hydrogen (secondary N) is 2. The van der Waals surface area contributed by atoms with Crippen LogP contribution in [0.5, 0.6) is 0 Å². The first-order valence-corrected chi connectivity index (χ1v) is 11.2. The lowest BCUT2D eigenvalue weighted by molar-refractivity contribution is 0.380. The molecule has 0 amide bonds. The van der Waals surface area contributed by atoms with Crippen LogP contribution in [0, 0.1) is 0 Å². The molecule has 0 fully saturated rings. The normalized spacial score (nSPS) is 12.6. The molecule has 9 heteroatoms. The van der Waals surface area contributed by atoms with Gasteiger partial charge in [0.05, 0.1) is 18.5 Å². The molecule has 0 spiro atoms. The Morgan fingerprint density at radius 3 is 2.46 bits per heavy atom. The third-order valence-electron chi connectivity index (χ3n) is 4.04. The first-order chi connectivity index (χ1) is 12.4.